The van der Waals surface area contributed by atoms with Crippen LogP contribution < -0.4 is 11.1 Å². The second-order valence-electron chi connectivity index (χ2n) is 5.34. The number of nitrogens with one attached hydrogen (secondary N) is 1. The number of benzene rings is 1. The van der Waals surface area contributed by atoms with Crippen LogP contribution in [0.25, 0.3) is 0 Å². The van der Waals surface area contributed by atoms with Gasteiger partial charge in [-0.3, -0.25) is 0 Å². The molecule has 0 bridgehead atoms. The molecule has 1 rings (SSSR count). The van der Waals surface area contributed by atoms with Crippen molar-refractivity contribution in [3.63, 3.8) is 0 Å². The molecule has 0 amide bonds. The van der Waals surface area contributed by atoms with Crippen LogP contribution in [0.1, 0.15) is 31.4 Å². The molecule has 0 aliphatic rings. The molecular weight excluding hydrogens is 196 g/mol. The van der Waals surface area contributed by atoms with E-state index in [1.54, 1.807) is 0 Å². The Morgan fingerprint density at radius 3 is 2.44 bits per heavy atom. The molecule has 0 heterocycles. The standard InChI is InChI=1S/C14H24N2/c1-11-5-6-13(9-12(11)2)16-8-7-14(3,4)10-15/h5-6,9,16H,7-8,10,15H2,1-4H3. The van der Waals surface area contributed by atoms with E-state index >= 15 is 0 Å². The van der Waals surface area contributed by atoms with Gasteiger partial charge in [0.25, 0.3) is 0 Å². The molecule has 90 valence electrons. The van der Waals surface area contributed by atoms with Crippen molar-refractivity contribution in [2.24, 2.45) is 11.1 Å². The first kappa shape index (κ1) is 13.0. The Morgan fingerprint density at radius 1 is 1.19 bits per heavy atom. The maximum Gasteiger partial charge on any atom is 0.0343 e. The lowest BCUT2D eigenvalue weighted by atomic mass is 9.90. The zero-order valence-corrected chi connectivity index (χ0v) is 10.9. The Morgan fingerprint density at radius 2 is 1.88 bits per heavy atom. The summed E-state index contributed by atoms with van der Waals surface area (Å²) < 4.78 is 0. The zero-order valence-electron chi connectivity index (χ0n) is 10.9. The van der Waals surface area contributed by atoms with E-state index < -0.39 is 0 Å². The minimum Gasteiger partial charge on any atom is -0.385 e. The van der Waals surface area contributed by atoms with E-state index in [-0.39, 0.29) is 5.41 Å². The van der Waals surface area contributed by atoms with Gasteiger partial charge >= 0.3 is 0 Å². The molecule has 0 aliphatic heterocycles. The van der Waals surface area contributed by atoms with Gasteiger partial charge in [-0.1, -0.05) is 19.9 Å². The Labute approximate surface area is 99.2 Å². The van der Waals surface area contributed by atoms with Crippen molar-refractivity contribution in [1.29, 1.82) is 0 Å². The van der Waals surface area contributed by atoms with E-state index in [0.717, 1.165) is 19.5 Å². The van der Waals surface area contributed by atoms with Gasteiger partial charge in [0.05, 0.1) is 0 Å². The van der Waals surface area contributed by atoms with Crippen LogP contribution in [-0.4, -0.2) is 13.1 Å². The molecule has 2 nitrogen and oxygen atoms in total. The van der Waals surface area contributed by atoms with Crippen LogP contribution in [0, 0.1) is 19.3 Å². The van der Waals surface area contributed by atoms with E-state index in [1.807, 2.05) is 0 Å². The molecule has 2 heteroatoms. The molecule has 0 radical (unpaired) electrons. The fourth-order valence-corrected chi connectivity index (χ4v) is 1.50. The van der Waals surface area contributed by atoms with Crippen LogP contribution in [0.5, 0.6) is 0 Å². The fraction of sp³-hybridized carbons (Fsp3) is 0.571. The summed E-state index contributed by atoms with van der Waals surface area (Å²) in [6.45, 7) is 10.4. The van der Waals surface area contributed by atoms with Gasteiger partial charge in [-0.05, 0) is 55.5 Å². The van der Waals surface area contributed by atoms with Crippen molar-refractivity contribution >= 4 is 5.69 Å². The summed E-state index contributed by atoms with van der Waals surface area (Å²) in [5.74, 6) is 0. The second-order valence-corrected chi connectivity index (χ2v) is 5.34. The highest BCUT2D eigenvalue weighted by atomic mass is 14.9. The van der Waals surface area contributed by atoms with Gasteiger partial charge in [0.1, 0.15) is 0 Å². The highest BCUT2D eigenvalue weighted by Crippen LogP contribution is 2.19. The quantitative estimate of drug-likeness (QED) is 0.800. The summed E-state index contributed by atoms with van der Waals surface area (Å²) in [6.07, 6.45) is 1.09. The van der Waals surface area contributed by atoms with Crippen LogP contribution in [-0.2, 0) is 0 Å². The third-order valence-electron chi connectivity index (χ3n) is 3.19. The first-order valence-corrected chi connectivity index (χ1v) is 5.96. The average Bonchev–Trinajstić information content (AvgIpc) is 2.23. The maximum absolute atomic E-state index is 5.70. The summed E-state index contributed by atoms with van der Waals surface area (Å²) in [7, 11) is 0. The molecule has 0 fully saturated rings. The number of anilines is 1. The number of aryl methyl sites for hydroxylation is 2. The first-order chi connectivity index (χ1) is 7.44. The van der Waals surface area contributed by atoms with E-state index in [9.17, 15) is 0 Å². The minimum absolute atomic E-state index is 0.229. The van der Waals surface area contributed by atoms with Gasteiger partial charge in [-0.15, -0.1) is 0 Å². The predicted molar refractivity (Wildman–Crippen MR) is 71.9 cm³/mol. The fourth-order valence-electron chi connectivity index (χ4n) is 1.50. The topological polar surface area (TPSA) is 38.0 Å². The molecule has 3 N–H and O–H groups in total. The van der Waals surface area contributed by atoms with Crippen LogP contribution in [0.4, 0.5) is 5.69 Å². The minimum atomic E-state index is 0.229. The summed E-state index contributed by atoms with van der Waals surface area (Å²) >= 11 is 0. The number of hydrogen-bond donors (Lipinski definition) is 2. The number of rotatable bonds is 5. The van der Waals surface area contributed by atoms with Crippen molar-refractivity contribution in [3.05, 3.63) is 29.3 Å². The van der Waals surface area contributed by atoms with Crippen molar-refractivity contribution in [1.82, 2.24) is 0 Å². The van der Waals surface area contributed by atoms with Crippen LogP contribution in [0.2, 0.25) is 0 Å². The molecule has 0 atom stereocenters. The maximum atomic E-state index is 5.70. The third kappa shape index (κ3) is 3.86. The van der Waals surface area contributed by atoms with Crippen molar-refractivity contribution < 1.29 is 0 Å². The van der Waals surface area contributed by atoms with Crippen LogP contribution in [0.3, 0.4) is 0 Å². The molecule has 0 saturated carbocycles. The van der Waals surface area contributed by atoms with Crippen LogP contribution in [0.15, 0.2) is 18.2 Å². The molecule has 0 spiro atoms. The SMILES string of the molecule is Cc1ccc(NCCC(C)(C)CN)cc1C. The van der Waals surface area contributed by atoms with Crippen molar-refractivity contribution in [3.8, 4) is 0 Å². The monoisotopic (exact) mass is 220 g/mol. The van der Waals surface area contributed by atoms with Gasteiger partial charge in [0.2, 0.25) is 0 Å². The highest BCUT2D eigenvalue weighted by Gasteiger charge is 2.14. The Balaban J connectivity index is 2.46. The molecule has 1 aromatic rings. The number of hydrogen-bond acceptors (Lipinski definition) is 2. The first-order valence-electron chi connectivity index (χ1n) is 5.96. The molecule has 1 aromatic carbocycles. The molecule has 0 saturated heterocycles. The Bertz CT molecular complexity index is 343. The van der Waals surface area contributed by atoms with E-state index in [0.29, 0.717) is 0 Å². The highest BCUT2D eigenvalue weighted by molar-refractivity contribution is 5.47. The molecule has 0 aliphatic carbocycles. The van der Waals surface area contributed by atoms with Gasteiger partial charge in [-0.2, -0.15) is 0 Å². The number of nitrogens with two attached hydrogens (primary N) is 1. The summed E-state index contributed by atoms with van der Waals surface area (Å²) in [4.78, 5) is 0. The Kier molecular flexibility index (Phi) is 4.36. The van der Waals surface area contributed by atoms with Crippen molar-refractivity contribution in [2.45, 2.75) is 34.1 Å². The molecule has 0 unspecified atom stereocenters. The molecular formula is C14H24N2. The summed E-state index contributed by atoms with van der Waals surface area (Å²) in [6, 6.07) is 6.49. The van der Waals surface area contributed by atoms with E-state index in [4.69, 9.17) is 5.73 Å². The van der Waals surface area contributed by atoms with Crippen LogP contribution >= 0.6 is 0 Å². The Hall–Kier alpha value is -1.02. The normalized spacial score (nSPS) is 11.6. The van der Waals surface area contributed by atoms with Gasteiger partial charge < -0.3 is 11.1 Å². The second kappa shape index (κ2) is 5.35. The van der Waals surface area contributed by atoms with E-state index in [1.165, 1.54) is 16.8 Å². The lowest BCUT2D eigenvalue weighted by Gasteiger charge is -2.22. The zero-order chi connectivity index (χ0) is 12.2. The van der Waals surface area contributed by atoms with Gasteiger partial charge in [0.15, 0.2) is 0 Å². The van der Waals surface area contributed by atoms with Gasteiger partial charge in [0, 0.05) is 12.2 Å². The summed E-state index contributed by atoms with van der Waals surface area (Å²) in [5.41, 5.74) is 9.81. The molecule has 16 heavy (non-hydrogen) atoms. The largest absolute Gasteiger partial charge is 0.385 e. The van der Waals surface area contributed by atoms with Gasteiger partial charge in [-0.25, -0.2) is 0 Å². The third-order valence-corrected chi connectivity index (χ3v) is 3.19. The molecule has 0 aromatic heterocycles. The predicted octanol–water partition coefficient (Wildman–Crippen LogP) is 3.09. The smallest absolute Gasteiger partial charge is 0.0343 e. The average molecular weight is 220 g/mol. The van der Waals surface area contributed by atoms with Crippen molar-refractivity contribution in [2.75, 3.05) is 18.4 Å². The summed E-state index contributed by atoms with van der Waals surface area (Å²) in [5, 5.41) is 3.45. The lowest BCUT2D eigenvalue weighted by Crippen LogP contribution is -2.26. The van der Waals surface area contributed by atoms with E-state index in [2.05, 4.69) is 51.2 Å². The lowest BCUT2D eigenvalue weighted by molar-refractivity contribution is 0.358.